The molecule has 2 aromatic rings. The number of aliphatic imine (C=N–C) groups is 1. The summed E-state index contributed by atoms with van der Waals surface area (Å²) in [6, 6.07) is 16.8. The Labute approximate surface area is 211 Å². The molecule has 1 amide bonds. The molecule has 2 heterocycles. The van der Waals surface area contributed by atoms with E-state index in [-0.39, 0.29) is 11.8 Å². The summed E-state index contributed by atoms with van der Waals surface area (Å²) in [4.78, 5) is 22.5. The maximum absolute atomic E-state index is 12.8. The number of hydrogen-bond donors (Lipinski definition) is 2. The van der Waals surface area contributed by atoms with E-state index >= 15 is 0 Å². The van der Waals surface area contributed by atoms with Crippen molar-refractivity contribution in [2.45, 2.75) is 40.5 Å². The van der Waals surface area contributed by atoms with Crippen LogP contribution in [0.5, 0.6) is 0 Å². The highest BCUT2D eigenvalue weighted by Gasteiger charge is 2.26. The number of nitrogens with one attached hydrogen (secondary N) is 2. The van der Waals surface area contributed by atoms with Crippen LogP contribution in [0.25, 0.3) is 0 Å². The van der Waals surface area contributed by atoms with Gasteiger partial charge >= 0.3 is 0 Å². The summed E-state index contributed by atoms with van der Waals surface area (Å²) in [6.07, 6.45) is 2.00. The van der Waals surface area contributed by atoms with E-state index < -0.39 is 0 Å². The molecular weight excluding hydrogens is 434 g/mol. The van der Waals surface area contributed by atoms with Crippen LogP contribution < -0.4 is 15.5 Å². The van der Waals surface area contributed by atoms with Crippen molar-refractivity contribution in [2.75, 3.05) is 57.3 Å². The molecule has 0 radical (unpaired) electrons. The first-order chi connectivity index (χ1) is 17.1. The number of carbonyl (C=O) groups excluding carboxylic acids is 1. The van der Waals surface area contributed by atoms with Crippen molar-refractivity contribution in [3.63, 3.8) is 0 Å². The first-order valence-electron chi connectivity index (χ1n) is 13.3. The second-order valence-corrected chi connectivity index (χ2v) is 9.20. The lowest BCUT2D eigenvalue weighted by molar-refractivity contribution is -0.125. The summed E-state index contributed by atoms with van der Waals surface area (Å²) in [5, 5.41) is 6.56. The van der Waals surface area contributed by atoms with E-state index in [4.69, 9.17) is 4.99 Å². The van der Waals surface area contributed by atoms with E-state index in [9.17, 15) is 4.79 Å². The molecule has 6 heteroatoms. The van der Waals surface area contributed by atoms with Gasteiger partial charge in [0.05, 0.1) is 11.6 Å². The van der Waals surface area contributed by atoms with E-state index in [2.05, 4.69) is 70.7 Å². The molecule has 2 aliphatic heterocycles. The van der Waals surface area contributed by atoms with Gasteiger partial charge in [0.15, 0.2) is 0 Å². The largest absolute Gasteiger partial charge is 0.371 e. The van der Waals surface area contributed by atoms with Crippen LogP contribution in [-0.2, 0) is 4.79 Å². The summed E-state index contributed by atoms with van der Waals surface area (Å²) in [5.41, 5.74) is 5.49. The zero-order valence-corrected chi connectivity index (χ0v) is 22.0. The molecule has 0 bridgehead atoms. The van der Waals surface area contributed by atoms with E-state index in [0.29, 0.717) is 0 Å². The Kier molecular flexibility index (Phi) is 10.8. The number of piperidine rings is 1. The Morgan fingerprint density at radius 2 is 1.86 bits per heavy atom. The lowest BCUT2D eigenvalue weighted by Crippen LogP contribution is -2.48. The Hall–Kier alpha value is -2.70. The minimum Gasteiger partial charge on any atom is -0.371 e. The number of amides is 1. The molecular formula is C29H43N5O. The topological polar surface area (TPSA) is 60.0 Å². The zero-order chi connectivity index (χ0) is 25.0. The number of anilines is 1. The molecule has 0 spiro atoms. The average Bonchev–Trinajstić information content (AvgIpc) is 2.92. The highest BCUT2D eigenvalue weighted by atomic mass is 16.1. The molecule has 4 rings (SSSR count). The summed E-state index contributed by atoms with van der Waals surface area (Å²) < 4.78 is 0. The van der Waals surface area contributed by atoms with E-state index in [1.807, 2.05) is 26.0 Å². The Balaban J connectivity index is 0.00000167. The van der Waals surface area contributed by atoms with Crippen LogP contribution in [0.3, 0.4) is 0 Å². The molecule has 2 aromatic carbocycles. The molecule has 2 fully saturated rings. The van der Waals surface area contributed by atoms with Crippen molar-refractivity contribution in [3.05, 3.63) is 59.7 Å². The van der Waals surface area contributed by atoms with Gasteiger partial charge < -0.3 is 15.5 Å². The summed E-state index contributed by atoms with van der Waals surface area (Å²) in [7, 11) is 0. The Bertz CT molecular complexity index is 967. The minimum absolute atomic E-state index is 0.0483. The van der Waals surface area contributed by atoms with Gasteiger partial charge in [-0.2, -0.15) is 0 Å². The van der Waals surface area contributed by atoms with Gasteiger partial charge in [0.1, 0.15) is 0 Å². The predicted molar refractivity (Wildman–Crippen MR) is 148 cm³/mol. The van der Waals surface area contributed by atoms with Crippen LogP contribution in [0.1, 0.15) is 44.7 Å². The SMILES string of the molecule is CC.CC(=Nc1ccccc1C)c1cccc(N2CCCC(C(=O)NCCN3CCNCC3)C2)c1. The molecule has 35 heavy (non-hydrogen) atoms. The summed E-state index contributed by atoms with van der Waals surface area (Å²) >= 11 is 0. The van der Waals surface area contributed by atoms with Gasteiger partial charge in [0, 0.05) is 63.8 Å². The Morgan fingerprint density at radius 3 is 2.63 bits per heavy atom. The number of benzene rings is 2. The molecule has 6 nitrogen and oxygen atoms in total. The monoisotopic (exact) mass is 477 g/mol. The van der Waals surface area contributed by atoms with Crippen molar-refractivity contribution >= 4 is 23.0 Å². The third kappa shape index (κ3) is 7.91. The minimum atomic E-state index is 0.0483. The summed E-state index contributed by atoms with van der Waals surface area (Å²) in [6.45, 7) is 15.8. The fraction of sp³-hybridized carbons (Fsp3) is 0.517. The average molecular weight is 478 g/mol. The number of piperazine rings is 1. The van der Waals surface area contributed by atoms with Crippen LogP contribution in [0.15, 0.2) is 53.5 Å². The quantitative estimate of drug-likeness (QED) is 0.581. The van der Waals surface area contributed by atoms with Gasteiger partial charge in [-0.05, 0) is 56.0 Å². The van der Waals surface area contributed by atoms with Crippen molar-refractivity contribution in [1.82, 2.24) is 15.5 Å². The lowest BCUT2D eigenvalue weighted by atomic mass is 9.96. The first-order valence-corrected chi connectivity index (χ1v) is 13.3. The van der Waals surface area contributed by atoms with Crippen molar-refractivity contribution in [3.8, 4) is 0 Å². The lowest BCUT2D eigenvalue weighted by Gasteiger charge is -2.34. The third-order valence-electron chi connectivity index (χ3n) is 6.76. The van der Waals surface area contributed by atoms with Gasteiger partial charge in [-0.3, -0.25) is 14.7 Å². The molecule has 190 valence electrons. The van der Waals surface area contributed by atoms with Gasteiger partial charge in [-0.1, -0.05) is 44.2 Å². The normalized spacial score (nSPS) is 19.0. The fourth-order valence-corrected chi connectivity index (χ4v) is 4.70. The number of para-hydroxylation sites is 1. The standard InChI is InChI=1S/C27H37N5O.C2H6/c1-21-7-3-4-11-26(21)30-22(2)23-8-5-10-25(19-23)32-15-6-9-24(20-32)27(33)29-14-18-31-16-12-28-13-17-31;1-2/h3-5,7-8,10-11,19,24,28H,6,9,12-18,20H2,1-2H3,(H,29,33);1-2H3. The van der Waals surface area contributed by atoms with Crippen LogP contribution in [0, 0.1) is 12.8 Å². The molecule has 1 unspecified atom stereocenters. The number of nitrogens with zero attached hydrogens (tertiary/aromatic N) is 3. The number of rotatable bonds is 7. The van der Waals surface area contributed by atoms with E-state index in [1.54, 1.807) is 0 Å². The second-order valence-electron chi connectivity index (χ2n) is 9.20. The maximum atomic E-state index is 12.8. The molecule has 0 aliphatic carbocycles. The van der Waals surface area contributed by atoms with Crippen molar-refractivity contribution in [1.29, 1.82) is 0 Å². The molecule has 2 aliphatic rings. The molecule has 2 saturated heterocycles. The Morgan fingerprint density at radius 1 is 1.09 bits per heavy atom. The second kappa shape index (κ2) is 14.0. The van der Waals surface area contributed by atoms with Crippen LogP contribution in [0.4, 0.5) is 11.4 Å². The number of carbonyl (C=O) groups is 1. The van der Waals surface area contributed by atoms with Crippen LogP contribution in [-0.4, -0.2) is 68.9 Å². The zero-order valence-electron chi connectivity index (χ0n) is 22.0. The molecule has 0 aromatic heterocycles. The van der Waals surface area contributed by atoms with Gasteiger partial charge in [-0.25, -0.2) is 0 Å². The van der Waals surface area contributed by atoms with Gasteiger partial charge in [0.25, 0.3) is 0 Å². The highest BCUT2D eigenvalue weighted by molar-refractivity contribution is 6.01. The number of aryl methyl sites for hydroxylation is 1. The van der Waals surface area contributed by atoms with Gasteiger partial charge in [0.2, 0.25) is 5.91 Å². The van der Waals surface area contributed by atoms with Crippen LogP contribution in [0.2, 0.25) is 0 Å². The van der Waals surface area contributed by atoms with E-state index in [0.717, 1.165) is 82.2 Å². The van der Waals surface area contributed by atoms with Crippen molar-refractivity contribution in [2.24, 2.45) is 10.9 Å². The number of hydrogen-bond acceptors (Lipinski definition) is 5. The summed E-state index contributed by atoms with van der Waals surface area (Å²) in [5.74, 6) is 0.246. The predicted octanol–water partition coefficient (Wildman–Crippen LogP) is 4.40. The molecule has 1 atom stereocenters. The third-order valence-corrected chi connectivity index (χ3v) is 6.76. The fourth-order valence-electron chi connectivity index (χ4n) is 4.70. The van der Waals surface area contributed by atoms with Crippen LogP contribution >= 0.6 is 0 Å². The first kappa shape index (κ1) is 26.9. The van der Waals surface area contributed by atoms with Gasteiger partial charge in [-0.15, -0.1) is 0 Å². The molecule has 2 N–H and O–H groups in total. The maximum Gasteiger partial charge on any atom is 0.224 e. The smallest absolute Gasteiger partial charge is 0.224 e. The highest BCUT2D eigenvalue weighted by Crippen LogP contribution is 2.25. The van der Waals surface area contributed by atoms with Crippen molar-refractivity contribution < 1.29 is 4.79 Å². The molecule has 0 saturated carbocycles. The van der Waals surface area contributed by atoms with E-state index in [1.165, 1.54) is 11.3 Å².